The molecule has 0 saturated heterocycles. The van der Waals surface area contributed by atoms with Crippen LogP contribution in [0.25, 0.3) is 16.8 Å². The minimum atomic E-state index is 0.909. The maximum absolute atomic E-state index is 4.38. The molecule has 0 bridgehead atoms. The summed E-state index contributed by atoms with van der Waals surface area (Å²) in [6.07, 6.45) is 3.68. The lowest BCUT2D eigenvalue weighted by molar-refractivity contribution is 0.895. The van der Waals surface area contributed by atoms with Crippen LogP contribution < -0.4 is 0 Å². The fourth-order valence-electron chi connectivity index (χ4n) is 1.83. The highest BCUT2D eigenvalue weighted by Crippen LogP contribution is 2.22. The number of aryl methyl sites for hydroxylation is 1. The van der Waals surface area contributed by atoms with Crippen LogP contribution in [0.4, 0.5) is 0 Å². The highest BCUT2D eigenvalue weighted by molar-refractivity contribution is 5.76. The molecule has 0 radical (unpaired) electrons. The molecule has 3 aromatic rings. The van der Waals surface area contributed by atoms with Crippen LogP contribution >= 0.6 is 0 Å². The lowest BCUT2D eigenvalue weighted by atomic mass is 10.1. The van der Waals surface area contributed by atoms with E-state index in [1.807, 2.05) is 48.1 Å². The van der Waals surface area contributed by atoms with Crippen molar-refractivity contribution < 1.29 is 0 Å². The number of aromatic nitrogens is 3. The predicted octanol–water partition coefficient (Wildman–Crippen LogP) is 2.70. The van der Waals surface area contributed by atoms with Gasteiger partial charge < -0.3 is 0 Å². The Bertz CT molecular complexity index is 626. The van der Waals surface area contributed by atoms with Crippen LogP contribution in [0.3, 0.4) is 0 Å². The normalized spacial score (nSPS) is 10.8. The van der Waals surface area contributed by atoms with Crippen molar-refractivity contribution in [2.75, 3.05) is 0 Å². The van der Waals surface area contributed by atoms with Gasteiger partial charge >= 0.3 is 0 Å². The summed E-state index contributed by atoms with van der Waals surface area (Å²) < 4.78 is 1.86. The largest absolute Gasteiger partial charge is 0.236 e. The van der Waals surface area contributed by atoms with Gasteiger partial charge in [0.05, 0.1) is 6.20 Å². The molecule has 0 amide bonds. The molecule has 0 aliphatic carbocycles. The van der Waals surface area contributed by atoms with Crippen molar-refractivity contribution in [1.82, 2.24) is 14.6 Å². The summed E-state index contributed by atoms with van der Waals surface area (Å²) >= 11 is 0. The summed E-state index contributed by atoms with van der Waals surface area (Å²) in [5.41, 5.74) is 4.22. The second kappa shape index (κ2) is 3.45. The molecular weight excluding hydrogens is 198 g/mol. The molecule has 0 unspecified atom stereocenters. The molecule has 0 N–H and O–H groups in total. The van der Waals surface area contributed by atoms with Gasteiger partial charge in [-0.3, -0.25) is 0 Å². The summed E-state index contributed by atoms with van der Waals surface area (Å²) in [7, 11) is 0. The molecule has 1 aromatic carbocycles. The Kier molecular flexibility index (Phi) is 1.96. The van der Waals surface area contributed by atoms with Gasteiger partial charge in [0.25, 0.3) is 0 Å². The first-order chi connectivity index (χ1) is 7.86. The van der Waals surface area contributed by atoms with Gasteiger partial charge in [0.1, 0.15) is 0 Å². The van der Waals surface area contributed by atoms with Crippen molar-refractivity contribution in [3.63, 3.8) is 0 Å². The van der Waals surface area contributed by atoms with E-state index in [9.17, 15) is 0 Å². The third kappa shape index (κ3) is 1.29. The van der Waals surface area contributed by atoms with Gasteiger partial charge in [-0.15, -0.1) is 0 Å². The third-order valence-corrected chi connectivity index (χ3v) is 2.68. The molecule has 3 rings (SSSR count). The molecule has 0 spiro atoms. The number of hydrogen-bond acceptors (Lipinski definition) is 2. The molecule has 2 aromatic heterocycles. The van der Waals surface area contributed by atoms with E-state index in [1.165, 1.54) is 0 Å². The average Bonchev–Trinajstić information content (AvgIpc) is 2.75. The second-order valence-electron chi connectivity index (χ2n) is 3.75. The van der Waals surface area contributed by atoms with Gasteiger partial charge in [-0.05, 0) is 18.6 Å². The molecule has 78 valence electrons. The minimum absolute atomic E-state index is 0.909. The Morgan fingerprint density at radius 2 is 1.88 bits per heavy atom. The smallest absolute Gasteiger partial charge is 0.163 e. The zero-order chi connectivity index (χ0) is 11.0. The van der Waals surface area contributed by atoms with E-state index >= 15 is 0 Å². The lowest BCUT2D eigenvalue weighted by Gasteiger charge is -1.99. The fraction of sp³-hybridized carbons (Fsp3) is 0.0769. The second-order valence-corrected chi connectivity index (χ2v) is 3.75. The Labute approximate surface area is 93.4 Å². The van der Waals surface area contributed by atoms with E-state index in [0.29, 0.717) is 0 Å². The van der Waals surface area contributed by atoms with E-state index in [1.54, 1.807) is 0 Å². The Morgan fingerprint density at radius 1 is 1.06 bits per heavy atom. The molecule has 3 heteroatoms. The highest BCUT2D eigenvalue weighted by Gasteiger charge is 2.07. The lowest BCUT2D eigenvalue weighted by Crippen LogP contribution is -1.94. The number of fused-ring (bicyclic) bond motifs is 1. The van der Waals surface area contributed by atoms with E-state index in [4.69, 9.17) is 0 Å². The van der Waals surface area contributed by atoms with Gasteiger partial charge in [0.2, 0.25) is 0 Å². The van der Waals surface area contributed by atoms with Crippen molar-refractivity contribution in [2.24, 2.45) is 0 Å². The van der Waals surface area contributed by atoms with Gasteiger partial charge in [-0.1, -0.05) is 30.3 Å². The summed E-state index contributed by atoms with van der Waals surface area (Å²) in [4.78, 5) is 4.38. The van der Waals surface area contributed by atoms with Crippen molar-refractivity contribution in [3.8, 4) is 11.1 Å². The van der Waals surface area contributed by atoms with Crippen molar-refractivity contribution in [1.29, 1.82) is 0 Å². The van der Waals surface area contributed by atoms with Gasteiger partial charge in [-0.2, -0.15) is 5.10 Å². The molecule has 16 heavy (non-hydrogen) atoms. The van der Waals surface area contributed by atoms with E-state index in [0.717, 1.165) is 22.5 Å². The Hall–Kier alpha value is -2.16. The summed E-state index contributed by atoms with van der Waals surface area (Å²) in [5.74, 6) is 0. The van der Waals surface area contributed by atoms with Crippen molar-refractivity contribution >= 4 is 5.65 Å². The maximum atomic E-state index is 4.38. The van der Waals surface area contributed by atoms with Crippen LogP contribution in [0, 0.1) is 6.92 Å². The van der Waals surface area contributed by atoms with Crippen LogP contribution in [-0.2, 0) is 0 Å². The molecule has 3 nitrogen and oxygen atoms in total. The van der Waals surface area contributed by atoms with Crippen LogP contribution in [0.2, 0.25) is 0 Å². The number of hydrogen-bond donors (Lipinski definition) is 0. The molecule has 0 atom stereocenters. The summed E-state index contributed by atoms with van der Waals surface area (Å²) in [6.45, 7) is 2.02. The first-order valence-corrected chi connectivity index (χ1v) is 5.21. The first-order valence-electron chi connectivity index (χ1n) is 5.21. The predicted molar refractivity (Wildman–Crippen MR) is 63.2 cm³/mol. The standard InChI is InChI=1S/C13H11N3/c1-10-7-8-14-13-12(9-15-16(10)13)11-5-3-2-4-6-11/h2-9H,1H3. The SMILES string of the molecule is Cc1ccnc2c(-c3ccccc3)cnn12. The molecule has 0 aliphatic rings. The van der Waals surface area contributed by atoms with Gasteiger partial charge in [0.15, 0.2) is 5.65 Å². The van der Waals surface area contributed by atoms with Crippen LogP contribution in [-0.4, -0.2) is 14.6 Å². The van der Waals surface area contributed by atoms with E-state index < -0.39 is 0 Å². The zero-order valence-electron chi connectivity index (χ0n) is 8.96. The van der Waals surface area contributed by atoms with Crippen LogP contribution in [0.15, 0.2) is 48.8 Å². The fourth-order valence-corrected chi connectivity index (χ4v) is 1.83. The number of benzene rings is 1. The number of rotatable bonds is 1. The average molecular weight is 209 g/mol. The molecule has 0 aliphatic heterocycles. The van der Waals surface area contributed by atoms with Gasteiger partial charge in [-0.25, -0.2) is 9.50 Å². The van der Waals surface area contributed by atoms with Gasteiger partial charge in [0, 0.05) is 17.5 Å². The molecule has 0 saturated carbocycles. The number of nitrogens with zero attached hydrogens (tertiary/aromatic N) is 3. The monoisotopic (exact) mass is 209 g/mol. The highest BCUT2D eigenvalue weighted by atomic mass is 15.2. The first kappa shape index (κ1) is 9.09. The minimum Gasteiger partial charge on any atom is -0.236 e. The molecule has 0 fully saturated rings. The maximum Gasteiger partial charge on any atom is 0.163 e. The third-order valence-electron chi connectivity index (χ3n) is 2.68. The quantitative estimate of drug-likeness (QED) is 0.616. The van der Waals surface area contributed by atoms with Crippen LogP contribution in [0.1, 0.15) is 5.69 Å². The molecular formula is C13H11N3. The summed E-state index contributed by atoms with van der Waals surface area (Å²) in [6, 6.07) is 12.1. The Morgan fingerprint density at radius 3 is 2.69 bits per heavy atom. The van der Waals surface area contributed by atoms with Crippen molar-refractivity contribution in [2.45, 2.75) is 6.92 Å². The van der Waals surface area contributed by atoms with Crippen LogP contribution in [0.5, 0.6) is 0 Å². The van der Waals surface area contributed by atoms with E-state index in [-0.39, 0.29) is 0 Å². The summed E-state index contributed by atoms with van der Waals surface area (Å²) in [5, 5.41) is 4.35. The zero-order valence-corrected chi connectivity index (χ0v) is 8.96. The van der Waals surface area contributed by atoms with Crippen molar-refractivity contribution in [3.05, 3.63) is 54.5 Å². The van der Waals surface area contributed by atoms with E-state index in [2.05, 4.69) is 22.2 Å². The topological polar surface area (TPSA) is 30.2 Å². The Balaban J connectivity index is 2.30. The molecule has 2 heterocycles.